The Balaban J connectivity index is 2.36. The quantitative estimate of drug-likeness (QED) is 0.607. The van der Waals surface area contributed by atoms with E-state index in [4.69, 9.17) is 12.2 Å². The van der Waals surface area contributed by atoms with Gasteiger partial charge in [-0.3, -0.25) is 14.5 Å². The number of carbonyl (C=O) groups is 2. The van der Waals surface area contributed by atoms with Gasteiger partial charge in [0.1, 0.15) is 0 Å². The van der Waals surface area contributed by atoms with Crippen LogP contribution in [-0.4, -0.2) is 16.0 Å². The second kappa shape index (κ2) is 4.81. The predicted molar refractivity (Wildman–Crippen MR) is 72.9 cm³/mol. The number of hydrogen-bond donors (Lipinski definition) is 0. The molecule has 0 unspecified atom stereocenters. The molecule has 0 spiro atoms. The fourth-order valence-corrected chi connectivity index (χ4v) is 2.78. The molecule has 1 heterocycles. The molecule has 5 heteroatoms. The number of ketones is 1. The van der Waals surface area contributed by atoms with Gasteiger partial charge in [0.05, 0.1) is 10.6 Å². The molecule has 1 fully saturated rings. The van der Waals surface area contributed by atoms with Gasteiger partial charge in [0, 0.05) is 6.08 Å². The molecule has 0 N–H and O–H groups in total. The summed E-state index contributed by atoms with van der Waals surface area (Å²) in [6.07, 6.45) is 1.32. The number of hydrogen-bond acceptors (Lipinski definition) is 4. The van der Waals surface area contributed by atoms with Crippen LogP contribution in [0.25, 0.3) is 0 Å². The Kier molecular flexibility index (Phi) is 3.40. The van der Waals surface area contributed by atoms with Gasteiger partial charge in [-0.25, -0.2) is 0 Å². The highest BCUT2D eigenvalue weighted by Crippen LogP contribution is 2.34. The van der Waals surface area contributed by atoms with Gasteiger partial charge in [0.15, 0.2) is 10.1 Å². The summed E-state index contributed by atoms with van der Waals surface area (Å²) in [7, 11) is 0. The second-order valence-electron chi connectivity index (χ2n) is 3.46. The first-order chi connectivity index (χ1) is 8.09. The van der Waals surface area contributed by atoms with Crippen LogP contribution in [-0.2, 0) is 9.59 Å². The molecular weight excluding hydrogens is 254 g/mol. The Morgan fingerprint density at radius 3 is 2.59 bits per heavy atom. The number of thiocarbonyl (C=S) groups is 1. The normalized spacial score (nSPS) is 17.9. The summed E-state index contributed by atoms with van der Waals surface area (Å²) in [6.45, 7) is 1.41. The number of benzene rings is 1. The maximum absolute atomic E-state index is 12.0. The molecule has 17 heavy (non-hydrogen) atoms. The van der Waals surface area contributed by atoms with Crippen molar-refractivity contribution < 1.29 is 9.59 Å². The van der Waals surface area contributed by atoms with E-state index in [1.807, 2.05) is 30.3 Å². The highest BCUT2D eigenvalue weighted by atomic mass is 32.2. The molecule has 1 amide bonds. The van der Waals surface area contributed by atoms with Crippen molar-refractivity contribution in [1.82, 2.24) is 0 Å². The van der Waals surface area contributed by atoms with Crippen LogP contribution in [0.4, 0.5) is 5.69 Å². The molecule has 0 aromatic heterocycles. The fourth-order valence-electron chi connectivity index (χ4n) is 1.45. The topological polar surface area (TPSA) is 37.4 Å². The number of thioether (sulfide) groups is 1. The van der Waals surface area contributed by atoms with Gasteiger partial charge in [-0.1, -0.05) is 42.2 Å². The van der Waals surface area contributed by atoms with E-state index in [1.165, 1.54) is 17.9 Å². The number of allylic oxidation sites excluding steroid dienone is 1. The van der Waals surface area contributed by atoms with Gasteiger partial charge >= 0.3 is 0 Å². The number of amides is 1. The third-order valence-corrected chi connectivity index (χ3v) is 3.44. The van der Waals surface area contributed by atoms with Gasteiger partial charge < -0.3 is 0 Å². The lowest BCUT2D eigenvalue weighted by atomic mass is 10.3. The van der Waals surface area contributed by atoms with Crippen molar-refractivity contribution in [1.29, 1.82) is 0 Å². The van der Waals surface area contributed by atoms with Crippen molar-refractivity contribution in [3.63, 3.8) is 0 Å². The van der Waals surface area contributed by atoms with Crippen LogP contribution >= 0.6 is 24.0 Å². The lowest BCUT2D eigenvalue weighted by molar-refractivity contribution is -0.115. The average Bonchev–Trinajstić information content (AvgIpc) is 2.54. The number of anilines is 1. The zero-order valence-electron chi connectivity index (χ0n) is 9.04. The van der Waals surface area contributed by atoms with E-state index in [-0.39, 0.29) is 11.7 Å². The van der Waals surface area contributed by atoms with E-state index in [1.54, 1.807) is 0 Å². The third kappa shape index (κ3) is 2.45. The van der Waals surface area contributed by atoms with E-state index >= 15 is 0 Å². The van der Waals surface area contributed by atoms with Crippen LogP contribution in [0.5, 0.6) is 0 Å². The first-order valence-corrected chi connectivity index (χ1v) is 6.15. The molecule has 1 saturated heterocycles. The Morgan fingerprint density at radius 1 is 1.35 bits per heavy atom. The minimum Gasteiger partial charge on any atom is -0.295 e. The number of rotatable bonds is 2. The first-order valence-electron chi connectivity index (χ1n) is 4.93. The van der Waals surface area contributed by atoms with Crippen molar-refractivity contribution >= 4 is 45.7 Å². The van der Waals surface area contributed by atoms with Gasteiger partial charge in [0.25, 0.3) is 5.91 Å². The minimum atomic E-state index is -0.235. The lowest BCUT2D eigenvalue weighted by Gasteiger charge is -2.13. The molecule has 0 bridgehead atoms. The first kappa shape index (κ1) is 12.0. The average molecular weight is 263 g/mol. The minimum absolute atomic E-state index is 0.154. The van der Waals surface area contributed by atoms with Crippen molar-refractivity contribution in [2.45, 2.75) is 6.92 Å². The van der Waals surface area contributed by atoms with E-state index in [0.29, 0.717) is 9.23 Å². The summed E-state index contributed by atoms with van der Waals surface area (Å²) in [5, 5.41) is 0. The van der Waals surface area contributed by atoms with Gasteiger partial charge in [-0.15, -0.1) is 0 Å². The number of para-hydroxylation sites is 1. The van der Waals surface area contributed by atoms with Crippen molar-refractivity contribution in [2.24, 2.45) is 0 Å². The number of nitrogens with zero attached hydrogens (tertiary/aromatic N) is 1. The van der Waals surface area contributed by atoms with E-state index < -0.39 is 0 Å². The molecule has 1 aliphatic rings. The molecule has 0 radical (unpaired) electrons. The monoisotopic (exact) mass is 263 g/mol. The van der Waals surface area contributed by atoms with Crippen molar-refractivity contribution in [2.75, 3.05) is 4.90 Å². The smallest absolute Gasteiger partial charge is 0.270 e. The lowest BCUT2D eigenvalue weighted by Crippen LogP contribution is -2.27. The van der Waals surface area contributed by atoms with Crippen LogP contribution < -0.4 is 4.90 Å². The molecule has 86 valence electrons. The van der Waals surface area contributed by atoms with E-state index in [2.05, 4.69) is 0 Å². The summed E-state index contributed by atoms with van der Waals surface area (Å²) in [4.78, 5) is 24.9. The Morgan fingerprint density at radius 2 is 2.00 bits per heavy atom. The Hall–Kier alpha value is -1.46. The highest BCUT2D eigenvalue weighted by Gasteiger charge is 2.33. The molecule has 0 saturated carbocycles. The Bertz CT molecular complexity index is 523. The fraction of sp³-hybridized carbons (Fsp3) is 0.0833. The van der Waals surface area contributed by atoms with Gasteiger partial charge in [0.2, 0.25) is 0 Å². The van der Waals surface area contributed by atoms with Crippen LogP contribution in [0.2, 0.25) is 0 Å². The van der Waals surface area contributed by atoms with Crippen LogP contribution in [0, 0.1) is 0 Å². The summed E-state index contributed by atoms with van der Waals surface area (Å²) in [6, 6.07) is 9.15. The molecular formula is C12H9NO2S2. The maximum Gasteiger partial charge on any atom is 0.270 e. The van der Waals surface area contributed by atoms with E-state index in [9.17, 15) is 9.59 Å². The maximum atomic E-state index is 12.0. The summed E-state index contributed by atoms with van der Waals surface area (Å²) in [5.41, 5.74) is 0.724. The molecule has 1 aromatic carbocycles. The SMILES string of the molecule is CC(=O)/C=C1/SC(=S)N(c2ccccc2)C1=O. The zero-order chi connectivity index (χ0) is 12.4. The largest absolute Gasteiger partial charge is 0.295 e. The van der Waals surface area contributed by atoms with Crippen LogP contribution in [0.1, 0.15) is 6.92 Å². The van der Waals surface area contributed by atoms with Gasteiger partial charge in [-0.2, -0.15) is 0 Å². The summed E-state index contributed by atoms with van der Waals surface area (Å²) < 4.78 is 0.453. The molecule has 0 aliphatic carbocycles. The van der Waals surface area contributed by atoms with E-state index in [0.717, 1.165) is 17.4 Å². The Labute approximate surface area is 108 Å². The molecule has 1 aliphatic heterocycles. The third-order valence-electron chi connectivity index (χ3n) is 2.14. The highest BCUT2D eigenvalue weighted by molar-refractivity contribution is 8.27. The number of carbonyl (C=O) groups excluding carboxylic acids is 2. The molecule has 3 nitrogen and oxygen atoms in total. The van der Waals surface area contributed by atoms with Gasteiger partial charge in [-0.05, 0) is 19.1 Å². The zero-order valence-corrected chi connectivity index (χ0v) is 10.7. The van der Waals surface area contributed by atoms with Crippen molar-refractivity contribution in [3.05, 3.63) is 41.3 Å². The van der Waals surface area contributed by atoms with Crippen LogP contribution in [0.15, 0.2) is 41.3 Å². The second-order valence-corrected chi connectivity index (χ2v) is 5.14. The molecule has 1 aromatic rings. The summed E-state index contributed by atoms with van der Waals surface area (Å²) in [5.74, 6) is -0.389. The predicted octanol–water partition coefficient (Wildman–Crippen LogP) is 2.52. The standard InChI is InChI=1S/C12H9NO2S2/c1-8(14)7-10-11(15)13(12(16)17-10)9-5-3-2-4-6-9/h2-7H,1H3/b10-7+. The molecule has 0 atom stereocenters. The van der Waals surface area contributed by atoms with Crippen LogP contribution in [0.3, 0.4) is 0 Å². The molecule has 2 rings (SSSR count). The summed E-state index contributed by atoms with van der Waals surface area (Å²) >= 11 is 6.30. The van der Waals surface area contributed by atoms with Crippen molar-refractivity contribution in [3.8, 4) is 0 Å².